The van der Waals surface area contributed by atoms with E-state index in [4.69, 9.17) is 0 Å². The normalized spacial score (nSPS) is 28.5. The molecular weight excluding hydrogens is 240 g/mol. The number of hydrogen-bond acceptors (Lipinski definition) is 3. The summed E-state index contributed by atoms with van der Waals surface area (Å²) in [6.45, 7) is 7.75. The van der Waals surface area contributed by atoms with E-state index >= 15 is 0 Å². The second kappa shape index (κ2) is 6.67. The van der Waals surface area contributed by atoms with E-state index in [-0.39, 0.29) is 0 Å². The lowest BCUT2D eigenvalue weighted by atomic mass is 9.75. The van der Waals surface area contributed by atoms with Gasteiger partial charge in [0.2, 0.25) is 0 Å². The molecule has 2 nitrogen and oxygen atoms in total. The van der Waals surface area contributed by atoms with E-state index in [1.807, 2.05) is 0 Å². The van der Waals surface area contributed by atoms with Crippen LogP contribution in [-0.4, -0.2) is 17.6 Å². The zero-order valence-electron chi connectivity index (χ0n) is 11.9. The van der Waals surface area contributed by atoms with Crippen molar-refractivity contribution < 1.29 is 0 Å². The Morgan fingerprint density at radius 3 is 2.83 bits per heavy atom. The maximum atomic E-state index is 4.64. The van der Waals surface area contributed by atoms with Gasteiger partial charge in [-0.2, -0.15) is 0 Å². The molecule has 3 unspecified atom stereocenters. The number of thiazole rings is 1. The first-order valence-electron chi connectivity index (χ1n) is 7.37. The summed E-state index contributed by atoms with van der Waals surface area (Å²) in [5.41, 5.74) is 1.31. The van der Waals surface area contributed by atoms with Crippen LogP contribution in [0.2, 0.25) is 0 Å². The van der Waals surface area contributed by atoms with E-state index < -0.39 is 0 Å². The van der Waals surface area contributed by atoms with Gasteiger partial charge in [0, 0.05) is 11.4 Å². The molecule has 18 heavy (non-hydrogen) atoms. The molecule has 0 aromatic carbocycles. The highest BCUT2D eigenvalue weighted by molar-refractivity contribution is 7.09. The van der Waals surface area contributed by atoms with Crippen LogP contribution in [-0.2, 0) is 6.42 Å². The summed E-state index contributed by atoms with van der Waals surface area (Å²) < 4.78 is 0. The minimum Gasteiger partial charge on any atom is -0.314 e. The van der Waals surface area contributed by atoms with Gasteiger partial charge in [0.25, 0.3) is 0 Å². The van der Waals surface area contributed by atoms with E-state index in [1.54, 1.807) is 11.3 Å². The molecule has 1 heterocycles. The van der Waals surface area contributed by atoms with Crippen LogP contribution in [0.25, 0.3) is 0 Å². The average molecular weight is 266 g/mol. The summed E-state index contributed by atoms with van der Waals surface area (Å²) in [5.74, 6) is 1.72. The summed E-state index contributed by atoms with van der Waals surface area (Å²) in [6, 6.07) is 0.708. The monoisotopic (exact) mass is 266 g/mol. The minimum atomic E-state index is 0.708. The third-order valence-corrected chi connectivity index (χ3v) is 5.09. The highest BCUT2D eigenvalue weighted by Gasteiger charge is 2.29. The molecule has 0 bridgehead atoms. The lowest BCUT2D eigenvalue weighted by Crippen LogP contribution is -2.41. The minimum absolute atomic E-state index is 0.708. The van der Waals surface area contributed by atoms with E-state index in [9.17, 15) is 0 Å². The van der Waals surface area contributed by atoms with Gasteiger partial charge < -0.3 is 5.32 Å². The van der Waals surface area contributed by atoms with Crippen molar-refractivity contribution in [3.05, 3.63) is 16.1 Å². The molecule has 0 aliphatic heterocycles. The molecule has 1 aromatic rings. The predicted molar refractivity (Wildman–Crippen MR) is 79.1 cm³/mol. The molecule has 0 amide bonds. The first kappa shape index (κ1) is 14.0. The quantitative estimate of drug-likeness (QED) is 0.877. The smallest absolute Gasteiger partial charge is 0.0897 e. The lowest BCUT2D eigenvalue weighted by Gasteiger charge is -2.36. The summed E-state index contributed by atoms with van der Waals surface area (Å²) in [7, 11) is 0. The SMILES string of the molecule is CCNC1CCC(CC)CC1Cc1csc(C)n1. The van der Waals surface area contributed by atoms with E-state index in [1.165, 1.54) is 42.8 Å². The van der Waals surface area contributed by atoms with E-state index in [2.05, 4.69) is 36.5 Å². The Labute approximate surface area is 115 Å². The third-order valence-electron chi connectivity index (χ3n) is 4.27. The van der Waals surface area contributed by atoms with Crippen LogP contribution in [0.3, 0.4) is 0 Å². The lowest BCUT2D eigenvalue weighted by molar-refractivity contribution is 0.199. The highest BCUT2D eigenvalue weighted by atomic mass is 32.1. The molecule has 102 valence electrons. The predicted octanol–water partition coefficient (Wildman–Crippen LogP) is 3.80. The van der Waals surface area contributed by atoms with Crippen molar-refractivity contribution in [1.82, 2.24) is 10.3 Å². The van der Waals surface area contributed by atoms with Gasteiger partial charge >= 0.3 is 0 Å². The summed E-state index contributed by atoms with van der Waals surface area (Å²) in [4.78, 5) is 4.64. The molecule has 1 aliphatic carbocycles. The van der Waals surface area contributed by atoms with Crippen LogP contribution in [0.5, 0.6) is 0 Å². The van der Waals surface area contributed by atoms with Crippen molar-refractivity contribution in [3.63, 3.8) is 0 Å². The summed E-state index contributed by atoms with van der Waals surface area (Å²) in [5, 5.41) is 7.13. The third kappa shape index (κ3) is 3.55. The number of rotatable bonds is 5. The molecule has 3 atom stereocenters. The Bertz CT molecular complexity index is 361. The number of nitrogens with zero attached hydrogens (tertiary/aromatic N) is 1. The van der Waals surface area contributed by atoms with Gasteiger partial charge in [0.05, 0.1) is 10.7 Å². The van der Waals surface area contributed by atoms with Crippen molar-refractivity contribution in [3.8, 4) is 0 Å². The van der Waals surface area contributed by atoms with Crippen LogP contribution < -0.4 is 5.32 Å². The molecule has 1 N–H and O–H groups in total. The Hall–Kier alpha value is -0.410. The molecule has 3 heteroatoms. The second-order valence-electron chi connectivity index (χ2n) is 5.57. The zero-order valence-corrected chi connectivity index (χ0v) is 12.7. The largest absolute Gasteiger partial charge is 0.314 e. The summed E-state index contributed by atoms with van der Waals surface area (Å²) >= 11 is 1.78. The Morgan fingerprint density at radius 1 is 1.39 bits per heavy atom. The standard InChI is InChI=1S/C15H26N2S/c1-4-12-6-7-15(16-5-2)13(8-12)9-14-10-18-11(3)17-14/h10,12-13,15-16H,4-9H2,1-3H3. The van der Waals surface area contributed by atoms with Crippen molar-refractivity contribution in [2.24, 2.45) is 11.8 Å². The van der Waals surface area contributed by atoms with Crippen LogP contribution in [0.4, 0.5) is 0 Å². The van der Waals surface area contributed by atoms with E-state index in [0.29, 0.717) is 6.04 Å². The van der Waals surface area contributed by atoms with Crippen molar-refractivity contribution >= 4 is 11.3 Å². The molecule has 0 saturated heterocycles. The number of hydrogen-bond donors (Lipinski definition) is 1. The van der Waals surface area contributed by atoms with Gasteiger partial charge in [-0.3, -0.25) is 0 Å². The highest BCUT2D eigenvalue weighted by Crippen LogP contribution is 2.33. The van der Waals surface area contributed by atoms with Gasteiger partial charge in [-0.05, 0) is 51.0 Å². The Morgan fingerprint density at radius 2 is 2.22 bits per heavy atom. The topological polar surface area (TPSA) is 24.9 Å². The average Bonchev–Trinajstić information content (AvgIpc) is 2.77. The first-order valence-corrected chi connectivity index (χ1v) is 8.25. The van der Waals surface area contributed by atoms with Gasteiger partial charge in [0.15, 0.2) is 0 Å². The maximum absolute atomic E-state index is 4.64. The fraction of sp³-hybridized carbons (Fsp3) is 0.800. The molecule has 1 fully saturated rings. The zero-order chi connectivity index (χ0) is 13.0. The van der Waals surface area contributed by atoms with Crippen molar-refractivity contribution in [2.45, 2.75) is 58.9 Å². The van der Waals surface area contributed by atoms with Gasteiger partial charge in [-0.25, -0.2) is 4.98 Å². The Balaban J connectivity index is 2.00. The number of aromatic nitrogens is 1. The fourth-order valence-electron chi connectivity index (χ4n) is 3.26. The Kier molecular flexibility index (Phi) is 5.19. The van der Waals surface area contributed by atoms with Gasteiger partial charge in [-0.1, -0.05) is 20.3 Å². The van der Waals surface area contributed by atoms with Gasteiger partial charge in [0.1, 0.15) is 0 Å². The van der Waals surface area contributed by atoms with E-state index in [0.717, 1.165) is 18.4 Å². The molecule has 0 radical (unpaired) electrons. The number of aryl methyl sites for hydroxylation is 1. The molecule has 2 rings (SSSR count). The molecule has 1 aliphatic rings. The summed E-state index contributed by atoms with van der Waals surface area (Å²) in [6.07, 6.45) is 6.63. The molecule has 1 saturated carbocycles. The van der Waals surface area contributed by atoms with Crippen LogP contribution in [0.15, 0.2) is 5.38 Å². The van der Waals surface area contributed by atoms with Crippen molar-refractivity contribution in [2.75, 3.05) is 6.54 Å². The fourth-order valence-corrected chi connectivity index (χ4v) is 3.88. The molecule has 0 spiro atoms. The van der Waals surface area contributed by atoms with Gasteiger partial charge in [-0.15, -0.1) is 11.3 Å². The van der Waals surface area contributed by atoms with Crippen LogP contribution in [0.1, 0.15) is 50.2 Å². The molecule has 1 aromatic heterocycles. The first-order chi connectivity index (χ1) is 8.72. The van der Waals surface area contributed by atoms with Crippen LogP contribution in [0, 0.1) is 18.8 Å². The van der Waals surface area contributed by atoms with Crippen LogP contribution >= 0.6 is 11.3 Å². The second-order valence-corrected chi connectivity index (χ2v) is 6.64. The van der Waals surface area contributed by atoms with Crippen molar-refractivity contribution in [1.29, 1.82) is 0 Å². The number of nitrogens with one attached hydrogen (secondary N) is 1. The maximum Gasteiger partial charge on any atom is 0.0897 e. The molecular formula is C15H26N2S.